The zero-order chi connectivity index (χ0) is 14.8. The molecule has 0 aliphatic heterocycles. The van der Waals surface area contributed by atoms with Crippen molar-refractivity contribution in [3.05, 3.63) is 0 Å². The first-order valence-electron chi connectivity index (χ1n) is 7.50. The van der Waals surface area contributed by atoms with Crippen LogP contribution in [-0.2, 0) is 17.8 Å². The van der Waals surface area contributed by atoms with Crippen molar-refractivity contribution in [3.63, 3.8) is 0 Å². The van der Waals surface area contributed by atoms with Crippen molar-refractivity contribution < 1.29 is 17.8 Å². The summed E-state index contributed by atoms with van der Waals surface area (Å²) in [4.78, 5) is 0. The minimum Gasteiger partial charge on any atom is -0.374 e. The van der Waals surface area contributed by atoms with Gasteiger partial charge in [0, 0.05) is 32.0 Å². The largest absolute Gasteiger partial charge is 0.500 e. The molecule has 0 amide bonds. The van der Waals surface area contributed by atoms with E-state index in [2.05, 4.69) is 0 Å². The molecule has 4 nitrogen and oxygen atoms in total. The van der Waals surface area contributed by atoms with Gasteiger partial charge in [-0.2, -0.15) is 0 Å². The van der Waals surface area contributed by atoms with E-state index in [0.717, 1.165) is 31.0 Å². The lowest BCUT2D eigenvalue weighted by Gasteiger charge is -2.29. The summed E-state index contributed by atoms with van der Waals surface area (Å²) >= 11 is 0. The van der Waals surface area contributed by atoms with Crippen molar-refractivity contribution >= 4 is 15.9 Å². The van der Waals surface area contributed by atoms with Gasteiger partial charge in [-0.05, 0) is 39.5 Å². The molecule has 0 rings (SSSR count). The highest BCUT2D eigenvalue weighted by Crippen LogP contribution is 2.45. The highest BCUT2D eigenvalue weighted by molar-refractivity contribution is 7.63. The van der Waals surface area contributed by atoms with Gasteiger partial charge in [0.15, 0.2) is 0 Å². The quantitative estimate of drug-likeness (QED) is 0.406. The first kappa shape index (κ1) is 19.3. The van der Waals surface area contributed by atoms with Gasteiger partial charge in [0.05, 0.1) is 7.14 Å². The molecule has 0 saturated carbocycles. The molecular formula is C13H31O4PSi. The van der Waals surface area contributed by atoms with E-state index in [9.17, 15) is 4.57 Å². The Hall–Kier alpha value is 0.327. The van der Waals surface area contributed by atoms with Crippen LogP contribution in [-0.4, -0.2) is 47.1 Å². The highest BCUT2D eigenvalue weighted by atomic mass is 31.2. The van der Waals surface area contributed by atoms with Gasteiger partial charge in [0.25, 0.3) is 0 Å². The first-order valence-corrected chi connectivity index (χ1v) is 11.7. The average Bonchev–Trinajstić information content (AvgIpc) is 2.39. The Morgan fingerprint density at radius 1 is 0.842 bits per heavy atom. The van der Waals surface area contributed by atoms with Gasteiger partial charge in [-0.25, -0.2) is 0 Å². The molecule has 0 heterocycles. The molecule has 0 bridgehead atoms. The lowest BCUT2D eigenvalue weighted by Crippen LogP contribution is -2.46. The summed E-state index contributed by atoms with van der Waals surface area (Å²) in [6.45, 7) is 11.7. The van der Waals surface area contributed by atoms with E-state index in [-0.39, 0.29) is 0 Å². The predicted octanol–water partition coefficient (Wildman–Crippen LogP) is 3.83. The van der Waals surface area contributed by atoms with Crippen LogP contribution in [0.3, 0.4) is 0 Å². The van der Waals surface area contributed by atoms with E-state index in [0.29, 0.717) is 19.8 Å². The Morgan fingerprint density at radius 3 is 1.58 bits per heavy atom. The van der Waals surface area contributed by atoms with Crippen LogP contribution in [0.5, 0.6) is 0 Å². The maximum absolute atomic E-state index is 12.4. The Bertz CT molecular complexity index is 248. The molecule has 0 atom stereocenters. The first-order chi connectivity index (χ1) is 9.01. The Labute approximate surface area is 119 Å². The lowest BCUT2D eigenvalue weighted by atomic mass is 10.6. The van der Waals surface area contributed by atoms with Gasteiger partial charge >= 0.3 is 8.80 Å². The van der Waals surface area contributed by atoms with Crippen LogP contribution in [0.1, 0.15) is 41.0 Å². The van der Waals surface area contributed by atoms with E-state index in [1.807, 2.05) is 34.6 Å². The summed E-state index contributed by atoms with van der Waals surface area (Å²) in [6, 6.07) is 0.770. The van der Waals surface area contributed by atoms with Crippen LogP contribution in [0, 0.1) is 0 Å². The van der Waals surface area contributed by atoms with E-state index in [1.54, 1.807) is 0 Å². The fourth-order valence-electron chi connectivity index (χ4n) is 2.12. The Kier molecular flexibility index (Phi) is 10.3. The van der Waals surface area contributed by atoms with Crippen molar-refractivity contribution in [2.24, 2.45) is 0 Å². The van der Waals surface area contributed by atoms with E-state index in [1.165, 1.54) is 0 Å². The van der Waals surface area contributed by atoms with Crippen LogP contribution < -0.4 is 0 Å². The van der Waals surface area contributed by atoms with Crippen LogP contribution in [0.25, 0.3) is 0 Å². The van der Waals surface area contributed by atoms with Crippen LogP contribution >= 0.6 is 7.14 Å². The van der Waals surface area contributed by atoms with Crippen molar-refractivity contribution in [1.82, 2.24) is 0 Å². The van der Waals surface area contributed by atoms with Crippen molar-refractivity contribution in [1.29, 1.82) is 0 Å². The maximum atomic E-state index is 12.4. The van der Waals surface area contributed by atoms with Gasteiger partial charge in [0.2, 0.25) is 0 Å². The van der Waals surface area contributed by atoms with E-state index >= 15 is 0 Å². The summed E-state index contributed by atoms with van der Waals surface area (Å²) in [6.07, 6.45) is 3.22. The predicted molar refractivity (Wildman–Crippen MR) is 83.6 cm³/mol. The smallest absolute Gasteiger partial charge is 0.374 e. The van der Waals surface area contributed by atoms with Gasteiger partial charge < -0.3 is 17.8 Å². The van der Waals surface area contributed by atoms with E-state index < -0.39 is 15.9 Å². The SMILES string of the molecule is CCO[Si](CCCP(=O)(CC)CC)(OCC)OCC. The molecular weight excluding hydrogens is 279 g/mol. The van der Waals surface area contributed by atoms with E-state index in [4.69, 9.17) is 13.3 Å². The zero-order valence-corrected chi connectivity index (χ0v) is 15.1. The molecule has 0 N–H and O–H groups in total. The molecule has 6 heteroatoms. The third kappa shape index (κ3) is 7.05. The van der Waals surface area contributed by atoms with Gasteiger partial charge in [-0.1, -0.05) is 13.8 Å². The Morgan fingerprint density at radius 2 is 1.26 bits per heavy atom. The number of rotatable bonds is 12. The molecule has 0 aromatic heterocycles. The van der Waals surface area contributed by atoms with Gasteiger partial charge in [0.1, 0.15) is 0 Å². The Balaban J connectivity index is 4.51. The third-order valence-corrected chi connectivity index (χ3v) is 9.88. The van der Waals surface area contributed by atoms with Crippen LogP contribution in [0.15, 0.2) is 0 Å². The molecule has 0 saturated heterocycles. The summed E-state index contributed by atoms with van der Waals surface area (Å²) in [5.74, 6) is 0. The minimum absolute atomic E-state index is 0.603. The molecule has 0 aliphatic rings. The molecule has 116 valence electrons. The standard InChI is InChI=1S/C13H31O4PSi/c1-6-15-19(16-7-2,17-8-3)13-11-12-18(14,9-4)10-5/h6-13H2,1-5H3. The minimum atomic E-state index is -2.54. The number of hydrogen-bond acceptors (Lipinski definition) is 4. The molecule has 0 spiro atoms. The second-order valence-corrected chi connectivity index (χ2v) is 11.1. The second kappa shape index (κ2) is 10.1. The fraction of sp³-hybridized carbons (Fsp3) is 1.00. The molecule has 0 radical (unpaired) electrons. The van der Waals surface area contributed by atoms with Crippen molar-refractivity contribution in [2.45, 2.75) is 47.1 Å². The average molecular weight is 310 g/mol. The molecule has 0 fully saturated rings. The van der Waals surface area contributed by atoms with Gasteiger partial charge in [-0.3, -0.25) is 0 Å². The molecule has 0 unspecified atom stereocenters. The molecule has 19 heavy (non-hydrogen) atoms. The monoisotopic (exact) mass is 310 g/mol. The highest BCUT2D eigenvalue weighted by Gasteiger charge is 2.40. The van der Waals surface area contributed by atoms with Crippen LogP contribution in [0.4, 0.5) is 0 Å². The summed E-state index contributed by atoms with van der Waals surface area (Å²) in [7, 11) is -4.51. The van der Waals surface area contributed by atoms with Crippen LogP contribution in [0.2, 0.25) is 6.04 Å². The third-order valence-electron chi connectivity index (χ3n) is 3.29. The number of hydrogen-bond donors (Lipinski definition) is 0. The molecule has 0 aromatic carbocycles. The van der Waals surface area contributed by atoms with Crippen molar-refractivity contribution in [2.75, 3.05) is 38.3 Å². The fourth-order valence-corrected chi connectivity index (χ4v) is 6.85. The molecule has 0 aromatic rings. The zero-order valence-electron chi connectivity index (χ0n) is 13.2. The van der Waals surface area contributed by atoms with Crippen molar-refractivity contribution in [3.8, 4) is 0 Å². The lowest BCUT2D eigenvalue weighted by molar-refractivity contribution is 0.0712. The summed E-state index contributed by atoms with van der Waals surface area (Å²) < 4.78 is 29.8. The normalized spacial score (nSPS) is 12.9. The summed E-state index contributed by atoms with van der Waals surface area (Å²) in [5.41, 5.74) is 0. The summed E-state index contributed by atoms with van der Waals surface area (Å²) in [5, 5.41) is 0. The topological polar surface area (TPSA) is 44.8 Å². The maximum Gasteiger partial charge on any atom is 0.500 e. The van der Waals surface area contributed by atoms with Gasteiger partial charge in [-0.15, -0.1) is 0 Å². The molecule has 0 aliphatic carbocycles. The second-order valence-electron chi connectivity index (χ2n) is 4.50.